The van der Waals surface area contributed by atoms with Gasteiger partial charge in [-0.05, 0) is 49.9 Å². The number of benzene rings is 1. The Bertz CT molecular complexity index is 740. The summed E-state index contributed by atoms with van der Waals surface area (Å²) in [6, 6.07) is 6.22. The highest BCUT2D eigenvalue weighted by Crippen LogP contribution is 2.22. The van der Waals surface area contributed by atoms with Crippen molar-refractivity contribution >= 4 is 34.2 Å². The zero-order valence-corrected chi connectivity index (χ0v) is 14.3. The van der Waals surface area contributed by atoms with E-state index in [1.54, 1.807) is 24.3 Å². The summed E-state index contributed by atoms with van der Waals surface area (Å²) in [6.45, 7) is 0.243. The van der Waals surface area contributed by atoms with Crippen molar-refractivity contribution in [3.8, 4) is 0 Å². The lowest BCUT2D eigenvalue weighted by molar-refractivity contribution is 0.0318. The first-order chi connectivity index (χ1) is 12.1. The molecular weight excluding hydrogens is 342 g/mol. The van der Waals surface area contributed by atoms with Crippen LogP contribution in [0.4, 0.5) is 15.6 Å². The van der Waals surface area contributed by atoms with Gasteiger partial charge in [0, 0.05) is 5.69 Å². The highest BCUT2D eigenvalue weighted by atomic mass is 32.1. The first-order valence-electron chi connectivity index (χ1n) is 8.04. The molecule has 1 aromatic heterocycles. The molecule has 0 unspecified atom stereocenters. The van der Waals surface area contributed by atoms with Crippen molar-refractivity contribution in [1.82, 2.24) is 15.5 Å². The van der Waals surface area contributed by atoms with E-state index in [-0.39, 0.29) is 24.6 Å². The molecule has 1 fully saturated rings. The van der Waals surface area contributed by atoms with Crippen LogP contribution in [-0.2, 0) is 11.3 Å². The SMILES string of the molecule is Nc1nnc(CNC(=O)Nc2ccc(C(=O)OC3CCCC3)cc2)s1. The summed E-state index contributed by atoms with van der Waals surface area (Å²) in [7, 11) is 0. The highest BCUT2D eigenvalue weighted by molar-refractivity contribution is 7.15. The Hall–Kier alpha value is -2.68. The molecule has 0 radical (unpaired) electrons. The number of aromatic nitrogens is 2. The van der Waals surface area contributed by atoms with Gasteiger partial charge in [-0.2, -0.15) is 0 Å². The predicted octanol–water partition coefficient (Wildman–Crippen LogP) is 2.54. The zero-order valence-electron chi connectivity index (χ0n) is 13.5. The Labute approximate surface area is 148 Å². The molecule has 25 heavy (non-hydrogen) atoms. The van der Waals surface area contributed by atoms with Gasteiger partial charge in [-0.15, -0.1) is 10.2 Å². The van der Waals surface area contributed by atoms with Crippen LogP contribution >= 0.6 is 11.3 Å². The van der Waals surface area contributed by atoms with Gasteiger partial charge < -0.3 is 21.1 Å². The summed E-state index contributed by atoms with van der Waals surface area (Å²) < 4.78 is 5.45. The first-order valence-corrected chi connectivity index (χ1v) is 8.85. The number of hydrogen-bond donors (Lipinski definition) is 3. The van der Waals surface area contributed by atoms with E-state index < -0.39 is 0 Å². The number of rotatable bonds is 5. The van der Waals surface area contributed by atoms with Crippen LogP contribution in [0.25, 0.3) is 0 Å². The number of nitrogen functional groups attached to an aromatic ring is 1. The molecule has 0 aliphatic heterocycles. The predicted molar refractivity (Wildman–Crippen MR) is 94.3 cm³/mol. The van der Waals surface area contributed by atoms with Gasteiger partial charge >= 0.3 is 12.0 Å². The number of carbonyl (C=O) groups is 2. The van der Waals surface area contributed by atoms with Crippen molar-refractivity contribution < 1.29 is 14.3 Å². The minimum Gasteiger partial charge on any atom is -0.459 e. The second-order valence-corrected chi connectivity index (χ2v) is 6.82. The maximum Gasteiger partial charge on any atom is 0.338 e. The van der Waals surface area contributed by atoms with Crippen molar-refractivity contribution in [2.75, 3.05) is 11.1 Å². The number of nitrogens with one attached hydrogen (secondary N) is 2. The third-order valence-electron chi connectivity index (χ3n) is 3.84. The van der Waals surface area contributed by atoms with E-state index in [9.17, 15) is 9.59 Å². The Balaban J connectivity index is 1.47. The monoisotopic (exact) mass is 361 g/mol. The van der Waals surface area contributed by atoms with Crippen LogP contribution in [0.5, 0.6) is 0 Å². The van der Waals surface area contributed by atoms with Gasteiger partial charge in [0.1, 0.15) is 11.1 Å². The van der Waals surface area contributed by atoms with Crippen molar-refractivity contribution in [3.63, 3.8) is 0 Å². The minimum atomic E-state index is -0.380. The summed E-state index contributed by atoms with van der Waals surface area (Å²) in [6.07, 6.45) is 4.13. The van der Waals surface area contributed by atoms with Gasteiger partial charge in [-0.25, -0.2) is 9.59 Å². The highest BCUT2D eigenvalue weighted by Gasteiger charge is 2.20. The van der Waals surface area contributed by atoms with E-state index in [4.69, 9.17) is 10.5 Å². The lowest BCUT2D eigenvalue weighted by Crippen LogP contribution is -2.28. The van der Waals surface area contributed by atoms with Crippen LogP contribution in [0, 0.1) is 0 Å². The molecule has 1 heterocycles. The summed E-state index contributed by atoms with van der Waals surface area (Å²) in [4.78, 5) is 23.9. The lowest BCUT2D eigenvalue weighted by atomic mass is 10.2. The van der Waals surface area contributed by atoms with Crippen LogP contribution in [0.3, 0.4) is 0 Å². The molecule has 0 atom stereocenters. The standard InChI is InChI=1S/C16H19N5O3S/c17-15-21-20-13(25-15)9-18-16(23)19-11-7-5-10(6-8-11)14(22)24-12-3-1-2-4-12/h5-8,12H,1-4,9H2,(H2,17,21)(H2,18,19,23). The second kappa shape index (κ2) is 7.93. The van der Waals surface area contributed by atoms with Gasteiger partial charge in [-0.1, -0.05) is 11.3 Å². The largest absolute Gasteiger partial charge is 0.459 e. The molecule has 8 nitrogen and oxygen atoms in total. The first kappa shape index (κ1) is 17.2. The van der Waals surface area contributed by atoms with Crippen molar-refractivity contribution in [2.45, 2.75) is 38.3 Å². The number of carbonyl (C=O) groups excluding carboxylic acids is 2. The molecule has 0 saturated heterocycles. The third-order valence-corrected chi connectivity index (χ3v) is 4.59. The summed E-state index contributed by atoms with van der Waals surface area (Å²) in [5.41, 5.74) is 6.53. The van der Waals surface area contributed by atoms with Crippen molar-refractivity contribution in [3.05, 3.63) is 34.8 Å². The average Bonchev–Trinajstić information content (AvgIpc) is 3.25. The molecule has 2 amide bonds. The number of esters is 1. The fraction of sp³-hybridized carbons (Fsp3) is 0.375. The number of hydrogen-bond acceptors (Lipinski definition) is 7. The quantitative estimate of drug-likeness (QED) is 0.704. The van der Waals surface area contributed by atoms with Crippen molar-refractivity contribution in [1.29, 1.82) is 0 Å². The van der Waals surface area contributed by atoms with Gasteiger partial charge in [-0.3, -0.25) is 0 Å². The molecule has 132 valence electrons. The van der Waals surface area contributed by atoms with Crippen LogP contribution in [-0.4, -0.2) is 28.3 Å². The van der Waals surface area contributed by atoms with Crippen LogP contribution in [0.2, 0.25) is 0 Å². The Morgan fingerprint density at radius 2 is 1.92 bits per heavy atom. The Morgan fingerprint density at radius 3 is 2.56 bits per heavy atom. The Kier molecular flexibility index (Phi) is 5.44. The molecule has 1 aliphatic rings. The number of nitrogens with zero attached hydrogens (tertiary/aromatic N) is 2. The average molecular weight is 361 g/mol. The van der Waals surface area contributed by atoms with Gasteiger partial charge in [0.05, 0.1) is 12.1 Å². The van der Waals surface area contributed by atoms with Crippen LogP contribution < -0.4 is 16.4 Å². The summed E-state index contributed by atoms with van der Waals surface area (Å²) in [5.74, 6) is -0.322. The molecule has 1 saturated carbocycles. The van der Waals surface area contributed by atoms with Gasteiger partial charge in [0.2, 0.25) is 5.13 Å². The summed E-state index contributed by atoms with van der Waals surface area (Å²) in [5, 5.41) is 13.8. The maximum atomic E-state index is 12.1. The fourth-order valence-electron chi connectivity index (χ4n) is 2.58. The molecule has 0 spiro atoms. The topological polar surface area (TPSA) is 119 Å². The van der Waals surface area contributed by atoms with Gasteiger partial charge in [0.15, 0.2) is 0 Å². The van der Waals surface area contributed by atoms with Crippen LogP contribution in [0.15, 0.2) is 24.3 Å². The maximum absolute atomic E-state index is 12.1. The minimum absolute atomic E-state index is 0.0328. The second-order valence-electron chi connectivity index (χ2n) is 5.73. The van der Waals surface area contributed by atoms with Gasteiger partial charge in [0.25, 0.3) is 0 Å². The smallest absolute Gasteiger partial charge is 0.338 e. The molecule has 3 rings (SSSR count). The molecule has 4 N–H and O–H groups in total. The van der Waals surface area contributed by atoms with E-state index in [2.05, 4.69) is 20.8 Å². The third kappa shape index (κ3) is 4.90. The van der Waals surface area contributed by atoms with E-state index in [0.717, 1.165) is 25.7 Å². The fourth-order valence-corrected chi connectivity index (χ4v) is 3.13. The number of nitrogens with two attached hydrogens (primary N) is 1. The number of ether oxygens (including phenoxy) is 1. The van der Waals surface area contributed by atoms with E-state index in [0.29, 0.717) is 21.4 Å². The van der Waals surface area contributed by atoms with E-state index in [1.165, 1.54) is 11.3 Å². The number of urea groups is 1. The van der Waals surface area contributed by atoms with Crippen molar-refractivity contribution in [2.24, 2.45) is 0 Å². The van der Waals surface area contributed by atoms with E-state index >= 15 is 0 Å². The molecular formula is C16H19N5O3S. The molecule has 0 bridgehead atoms. The number of anilines is 2. The van der Waals surface area contributed by atoms with E-state index in [1.807, 2.05) is 0 Å². The molecule has 2 aromatic rings. The Morgan fingerprint density at radius 1 is 1.20 bits per heavy atom. The molecule has 9 heteroatoms. The normalized spacial score (nSPS) is 14.2. The lowest BCUT2D eigenvalue weighted by Gasteiger charge is -2.11. The number of amides is 2. The summed E-state index contributed by atoms with van der Waals surface area (Å²) >= 11 is 1.22. The van der Waals surface area contributed by atoms with Crippen LogP contribution in [0.1, 0.15) is 41.0 Å². The molecule has 1 aromatic carbocycles. The zero-order chi connectivity index (χ0) is 17.6. The molecule has 1 aliphatic carbocycles.